The van der Waals surface area contributed by atoms with Crippen LogP contribution < -0.4 is 11.1 Å². The lowest BCUT2D eigenvalue weighted by Crippen LogP contribution is -2.32. The Bertz CT molecular complexity index is 486. The Morgan fingerprint density at radius 2 is 2.10 bits per heavy atom. The minimum absolute atomic E-state index is 0.151. The maximum absolute atomic E-state index is 11.9. The first-order chi connectivity index (χ1) is 9.49. The molecule has 4 N–H and O–H groups in total. The molecule has 0 saturated carbocycles. The molecule has 20 heavy (non-hydrogen) atoms. The standard InChI is InChI=1S/C15H22N2O3/c1-3-4-5-11-7-6-10(9-13(16)15(19)20)8-12(11)14(18)17-2/h6-8,13H,3-5,9,16H2,1-2H3,(H,17,18)(H,19,20)/t13-/m0/s1. The van der Waals surface area contributed by atoms with Crippen molar-refractivity contribution in [3.05, 3.63) is 34.9 Å². The fourth-order valence-electron chi connectivity index (χ4n) is 2.02. The molecule has 1 aromatic rings. The number of hydrogen-bond acceptors (Lipinski definition) is 3. The van der Waals surface area contributed by atoms with Gasteiger partial charge in [0.05, 0.1) is 0 Å². The number of nitrogens with two attached hydrogens (primary N) is 1. The second-order valence-corrected chi connectivity index (χ2v) is 4.82. The van der Waals surface area contributed by atoms with Crippen molar-refractivity contribution in [2.75, 3.05) is 7.05 Å². The number of rotatable bonds is 7. The Hall–Kier alpha value is -1.88. The third-order valence-corrected chi connectivity index (χ3v) is 3.22. The third kappa shape index (κ3) is 4.35. The van der Waals surface area contributed by atoms with Crippen LogP contribution in [0.1, 0.15) is 41.3 Å². The summed E-state index contributed by atoms with van der Waals surface area (Å²) >= 11 is 0. The zero-order chi connectivity index (χ0) is 15.1. The van der Waals surface area contributed by atoms with Crippen LogP contribution in [0.2, 0.25) is 0 Å². The van der Waals surface area contributed by atoms with E-state index >= 15 is 0 Å². The molecule has 0 fully saturated rings. The van der Waals surface area contributed by atoms with Gasteiger partial charge in [-0.15, -0.1) is 0 Å². The number of nitrogens with one attached hydrogen (secondary N) is 1. The number of aliphatic carboxylic acids is 1. The first kappa shape index (κ1) is 16.2. The van der Waals surface area contributed by atoms with Crippen LogP contribution >= 0.6 is 0 Å². The van der Waals surface area contributed by atoms with Gasteiger partial charge in [0.25, 0.3) is 5.91 Å². The van der Waals surface area contributed by atoms with Crippen molar-refractivity contribution in [1.29, 1.82) is 0 Å². The van der Waals surface area contributed by atoms with Gasteiger partial charge in [-0.1, -0.05) is 25.5 Å². The highest BCUT2D eigenvalue weighted by Gasteiger charge is 2.15. The lowest BCUT2D eigenvalue weighted by molar-refractivity contribution is -0.138. The van der Waals surface area contributed by atoms with Crippen LogP contribution in [0, 0.1) is 0 Å². The van der Waals surface area contributed by atoms with E-state index < -0.39 is 12.0 Å². The lowest BCUT2D eigenvalue weighted by Gasteiger charge is -2.12. The SMILES string of the molecule is CCCCc1ccc(C[C@H](N)C(=O)O)cc1C(=O)NC. The largest absolute Gasteiger partial charge is 0.480 e. The number of carboxylic acid groups (broad SMARTS) is 1. The number of hydrogen-bond donors (Lipinski definition) is 3. The van der Waals surface area contributed by atoms with Crippen LogP contribution in [-0.2, 0) is 17.6 Å². The molecule has 0 unspecified atom stereocenters. The molecule has 1 rings (SSSR count). The molecular formula is C15H22N2O3. The van der Waals surface area contributed by atoms with E-state index in [9.17, 15) is 9.59 Å². The first-order valence-corrected chi connectivity index (χ1v) is 6.81. The Balaban J connectivity index is 3.00. The molecule has 0 aromatic heterocycles. The quantitative estimate of drug-likeness (QED) is 0.702. The average molecular weight is 278 g/mol. The van der Waals surface area contributed by atoms with E-state index in [-0.39, 0.29) is 12.3 Å². The molecule has 0 bridgehead atoms. The molecule has 1 aromatic carbocycles. The maximum atomic E-state index is 11.9. The van der Waals surface area contributed by atoms with Gasteiger partial charge >= 0.3 is 5.97 Å². The van der Waals surface area contributed by atoms with Crippen molar-refractivity contribution < 1.29 is 14.7 Å². The van der Waals surface area contributed by atoms with Crippen LogP contribution in [0.25, 0.3) is 0 Å². The number of carbonyl (C=O) groups is 2. The second kappa shape index (κ2) is 7.65. The molecule has 5 heteroatoms. The summed E-state index contributed by atoms with van der Waals surface area (Å²) in [5, 5.41) is 11.4. The molecule has 0 radical (unpaired) electrons. The number of aryl methyl sites for hydroxylation is 1. The normalized spacial score (nSPS) is 11.9. The van der Waals surface area contributed by atoms with E-state index in [0.717, 1.165) is 30.4 Å². The Kier molecular flexibility index (Phi) is 6.18. The average Bonchev–Trinajstić information content (AvgIpc) is 2.44. The van der Waals surface area contributed by atoms with E-state index in [1.54, 1.807) is 13.1 Å². The minimum Gasteiger partial charge on any atom is -0.480 e. The second-order valence-electron chi connectivity index (χ2n) is 4.82. The van der Waals surface area contributed by atoms with Gasteiger partial charge in [0.2, 0.25) is 0 Å². The Morgan fingerprint density at radius 3 is 2.65 bits per heavy atom. The molecule has 0 saturated heterocycles. The molecule has 1 amide bonds. The Labute approximate surface area is 119 Å². The lowest BCUT2D eigenvalue weighted by atomic mass is 9.96. The zero-order valence-corrected chi connectivity index (χ0v) is 12.0. The van der Waals surface area contributed by atoms with Crippen LogP contribution in [0.15, 0.2) is 18.2 Å². The van der Waals surface area contributed by atoms with Crippen LogP contribution in [0.3, 0.4) is 0 Å². The molecule has 0 aliphatic heterocycles. The third-order valence-electron chi connectivity index (χ3n) is 3.22. The van der Waals surface area contributed by atoms with E-state index in [0.29, 0.717) is 5.56 Å². The van der Waals surface area contributed by atoms with Gasteiger partial charge in [-0.25, -0.2) is 0 Å². The van der Waals surface area contributed by atoms with Crippen molar-refractivity contribution in [2.45, 2.75) is 38.6 Å². The van der Waals surface area contributed by atoms with Gasteiger partial charge in [-0.3, -0.25) is 9.59 Å². The fraction of sp³-hybridized carbons (Fsp3) is 0.467. The van der Waals surface area contributed by atoms with Gasteiger partial charge < -0.3 is 16.2 Å². The van der Waals surface area contributed by atoms with E-state index in [2.05, 4.69) is 12.2 Å². The smallest absolute Gasteiger partial charge is 0.320 e. The van der Waals surface area contributed by atoms with Gasteiger partial charge in [0.1, 0.15) is 6.04 Å². The molecular weight excluding hydrogens is 256 g/mol. The highest BCUT2D eigenvalue weighted by molar-refractivity contribution is 5.95. The van der Waals surface area contributed by atoms with Gasteiger partial charge in [0.15, 0.2) is 0 Å². The monoisotopic (exact) mass is 278 g/mol. The summed E-state index contributed by atoms with van der Waals surface area (Å²) in [5.74, 6) is -1.19. The highest BCUT2D eigenvalue weighted by Crippen LogP contribution is 2.16. The van der Waals surface area contributed by atoms with Crippen molar-refractivity contribution in [2.24, 2.45) is 5.73 Å². The Morgan fingerprint density at radius 1 is 1.40 bits per heavy atom. The molecule has 0 spiro atoms. The summed E-state index contributed by atoms with van der Waals surface area (Å²) < 4.78 is 0. The molecule has 0 aliphatic carbocycles. The first-order valence-electron chi connectivity index (χ1n) is 6.81. The van der Waals surface area contributed by atoms with Crippen LogP contribution in [0.4, 0.5) is 0 Å². The van der Waals surface area contributed by atoms with Crippen molar-refractivity contribution in [3.8, 4) is 0 Å². The highest BCUT2D eigenvalue weighted by atomic mass is 16.4. The number of unbranched alkanes of at least 4 members (excludes halogenated alkanes) is 1. The van der Waals surface area contributed by atoms with Crippen molar-refractivity contribution in [3.63, 3.8) is 0 Å². The molecule has 5 nitrogen and oxygen atoms in total. The maximum Gasteiger partial charge on any atom is 0.320 e. The minimum atomic E-state index is -1.04. The summed E-state index contributed by atoms with van der Waals surface area (Å²) in [6.45, 7) is 2.10. The molecule has 110 valence electrons. The predicted octanol–water partition coefficient (Wildman–Crippen LogP) is 1.34. The number of amides is 1. The van der Waals surface area contributed by atoms with Gasteiger partial charge in [-0.05, 0) is 36.5 Å². The van der Waals surface area contributed by atoms with Crippen molar-refractivity contribution in [1.82, 2.24) is 5.32 Å². The topological polar surface area (TPSA) is 92.4 Å². The predicted molar refractivity (Wildman–Crippen MR) is 77.8 cm³/mol. The van der Waals surface area contributed by atoms with E-state index in [4.69, 9.17) is 10.8 Å². The fourth-order valence-corrected chi connectivity index (χ4v) is 2.02. The van der Waals surface area contributed by atoms with Crippen LogP contribution in [0.5, 0.6) is 0 Å². The van der Waals surface area contributed by atoms with Crippen LogP contribution in [-0.4, -0.2) is 30.1 Å². The number of carbonyl (C=O) groups excluding carboxylic acids is 1. The number of carboxylic acids is 1. The van der Waals surface area contributed by atoms with Crippen molar-refractivity contribution >= 4 is 11.9 Å². The summed E-state index contributed by atoms with van der Waals surface area (Å²) in [6.07, 6.45) is 3.12. The van der Waals surface area contributed by atoms with E-state index in [1.165, 1.54) is 0 Å². The number of benzene rings is 1. The summed E-state index contributed by atoms with van der Waals surface area (Å²) in [4.78, 5) is 22.7. The molecule has 1 atom stereocenters. The summed E-state index contributed by atoms with van der Waals surface area (Å²) in [6, 6.07) is 4.53. The molecule has 0 aliphatic rings. The van der Waals surface area contributed by atoms with Gasteiger partial charge in [0, 0.05) is 12.6 Å². The molecule has 0 heterocycles. The zero-order valence-electron chi connectivity index (χ0n) is 12.0. The summed E-state index contributed by atoms with van der Waals surface area (Å²) in [7, 11) is 1.58. The summed E-state index contributed by atoms with van der Waals surface area (Å²) in [5.41, 5.74) is 7.88. The van der Waals surface area contributed by atoms with E-state index in [1.807, 2.05) is 12.1 Å². The van der Waals surface area contributed by atoms with Gasteiger partial charge in [-0.2, -0.15) is 0 Å².